The van der Waals surface area contributed by atoms with Gasteiger partial charge < -0.3 is 14.8 Å². The Morgan fingerprint density at radius 3 is 3.00 bits per heavy atom. The third-order valence-corrected chi connectivity index (χ3v) is 1.30. The predicted molar refractivity (Wildman–Crippen MR) is 40.3 cm³/mol. The molecule has 1 aromatic rings. The summed E-state index contributed by atoms with van der Waals surface area (Å²) in [6.45, 7) is 0. The fourth-order valence-electron chi connectivity index (χ4n) is 0.581. The van der Waals surface area contributed by atoms with E-state index in [1.54, 1.807) is 12.3 Å². The quantitative estimate of drug-likeness (QED) is 0.499. The number of ether oxygens (including phenoxy) is 1. The maximum atomic E-state index is 10.0. The number of aromatic nitrogens is 1. The topological polar surface area (TPSA) is 62.3 Å². The minimum atomic E-state index is -1.37. The Morgan fingerprint density at radius 1 is 1.73 bits per heavy atom. The summed E-state index contributed by atoms with van der Waals surface area (Å²) in [6.07, 6.45) is 0.229. The van der Waals surface area contributed by atoms with Gasteiger partial charge in [0.05, 0.1) is 0 Å². The van der Waals surface area contributed by atoms with Crippen LogP contribution in [0.1, 0.15) is 0 Å². The molecule has 0 aliphatic heterocycles. The molecule has 0 saturated carbocycles. The molecule has 11 heavy (non-hydrogen) atoms. The molecule has 58 valence electrons. The van der Waals surface area contributed by atoms with Crippen molar-refractivity contribution in [1.29, 1.82) is 0 Å². The van der Waals surface area contributed by atoms with Gasteiger partial charge in [0.25, 0.3) is 0 Å². The number of carbonyl (C=O) groups is 1. The van der Waals surface area contributed by atoms with Crippen LogP contribution >= 0.6 is 12.2 Å². The Kier molecular flexibility index (Phi) is 2.22. The van der Waals surface area contributed by atoms with E-state index < -0.39 is 6.16 Å². The van der Waals surface area contributed by atoms with Crippen LogP contribution in [0.4, 0.5) is 4.79 Å². The first-order valence-corrected chi connectivity index (χ1v) is 3.19. The molecule has 0 unspecified atom stereocenters. The van der Waals surface area contributed by atoms with Crippen molar-refractivity contribution in [2.24, 2.45) is 0 Å². The zero-order chi connectivity index (χ0) is 8.27. The van der Waals surface area contributed by atoms with Gasteiger partial charge in [0, 0.05) is 6.20 Å². The number of aromatic amines is 1. The molecule has 0 aliphatic rings. The molecule has 0 aromatic carbocycles. The summed E-state index contributed by atoms with van der Waals surface area (Å²) < 4.78 is 4.60. The van der Waals surface area contributed by atoms with Crippen molar-refractivity contribution in [2.45, 2.75) is 0 Å². The van der Waals surface area contributed by atoms with Crippen LogP contribution in [0.2, 0.25) is 0 Å². The largest absolute Gasteiger partial charge is 0.511 e. The second-order valence-corrected chi connectivity index (χ2v) is 2.14. The molecule has 1 rings (SSSR count). The van der Waals surface area contributed by atoms with E-state index in [4.69, 9.17) is 17.3 Å². The molecule has 0 spiro atoms. The molecule has 1 heterocycles. The molecule has 0 saturated heterocycles. The lowest BCUT2D eigenvalue weighted by atomic mass is 10.5. The maximum absolute atomic E-state index is 10.0. The summed E-state index contributed by atoms with van der Waals surface area (Å²) in [4.78, 5) is 12.7. The lowest BCUT2D eigenvalue weighted by Gasteiger charge is -1.96. The van der Waals surface area contributed by atoms with Gasteiger partial charge in [-0.2, -0.15) is 0 Å². The molecular weight excluding hydrogens is 166 g/mol. The van der Waals surface area contributed by atoms with E-state index in [0.29, 0.717) is 0 Å². The van der Waals surface area contributed by atoms with Crippen molar-refractivity contribution in [2.75, 3.05) is 0 Å². The zero-order valence-electron chi connectivity index (χ0n) is 5.40. The maximum Gasteiger partial charge on any atom is 0.511 e. The Hall–Kier alpha value is -1.36. The van der Waals surface area contributed by atoms with Crippen molar-refractivity contribution < 1.29 is 14.6 Å². The fraction of sp³-hybridized carbons (Fsp3) is 0. The summed E-state index contributed by atoms with van der Waals surface area (Å²) in [7, 11) is 0. The van der Waals surface area contributed by atoms with Crippen LogP contribution in [0, 0.1) is 4.64 Å². The van der Waals surface area contributed by atoms with E-state index in [2.05, 4.69) is 9.72 Å². The number of carboxylic acid groups (broad SMARTS) is 1. The van der Waals surface area contributed by atoms with Crippen molar-refractivity contribution in [3.05, 3.63) is 23.0 Å². The second kappa shape index (κ2) is 3.16. The van der Waals surface area contributed by atoms with Gasteiger partial charge in [0.2, 0.25) is 0 Å². The van der Waals surface area contributed by atoms with E-state index in [-0.39, 0.29) is 10.4 Å². The molecule has 2 N–H and O–H groups in total. The number of rotatable bonds is 1. The van der Waals surface area contributed by atoms with Gasteiger partial charge in [-0.1, -0.05) is 12.2 Å². The summed E-state index contributed by atoms with van der Waals surface area (Å²) in [5, 5.41) is 8.21. The number of H-pyrrole nitrogens is 1. The third-order valence-electron chi connectivity index (χ3n) is 0.979. The summed E-state index contributed by atoms with van der Waals surface area (Å²) in [5.41, 5.74) is 0. The molecule has 4 nitrogen and oxygen atoms in total. The first-order chi connectivity index (χ1) is 5.20. The first kappa shape index (κ1) is 7.74. The molecule has 0 aliphatic carbocycles. The summed E-state index contributed by atoms with van der Waals surface area (Å²) in [6, 6.07) is 3.08. The van der Waals surface area contributed by atoms with Crippen molar-refractivity contribution in [3.63, 3.8) is 0 Å². The highest BCUT2D eigenvalue weighted by molar-refractivity contribution is 7.71. The van der Waals surface area contributed by atoms with Crippen molar-refractivity contribution in [1.82, 2.24) is 4.98 Å². The van der Waals surface area contributed by atoms with Crippen LogP contribution in [0.25, 0.3) is 0 Å². The zero-order valence-corrected chi connectivity index (χ0v) is 6.22. The average molecular weight is 171 g/mol. The van der Waals surface area contributed by atoms with Crippen molar-refractivity contribution in [3.8, 4) is 5.75 Å². The Bertz CT molecular complexity index is 320. The Morgan fingerprint density at radius 2 is 2.45 bits per heavy atom. The normalized spacial score (nSPS) is 9.09. The first-order valence-electron chi connectivity index (χ1n) is 2.78. The Balaban J connectivity index is 2.95. The number of hydrogen-bond donors (Lipinski definition) is 2. The molecule has 1 aromatic heterocycles. The minimum Gasteiger partial charge on any atom is -0.449 e. The number of hydrogen-bond acceptors (Lipinski definition) is 3. The van der Waals surface area contributed by atoms with Gasteiger partial charge >= 0.3 is 6.16 Å². The smallest absolute Gasteiger partial charge is 0.449 e. The number of pyridine rings is 1. The highest BCUT2D eigenvalue weighted by atomic mass is 32.1. The molecule has 0 bridgehead atoms. The van der Waals surface area contributed by atoms with E-state index in [9.17, 15) is 4.79 Å². The van der Waals surface area contributed by atoms with Crippen LogP contribution in [0.15, 0.2) is 18.3 Å². The van der Waals surface area contributed by atoms with Crippen LogP contribution in [0.5, 0.6) is 5.75 Å². The average Bonchev–Trinajstić information content (AvgIpc) is 1.93. The monoisotopic (exact) mass is 171 g/mol. The molecular formula is C6H5NO3S. The van der Waals surface area contributed by atoms with Crippen LogP contribution in [0.3, 0.4) is 0 Å². The molecule has 0 fully saturated rings. The highest BCUT2D eigenvalue weighted by Gasteiger charge is 2.00. The molecule has 0 amide bonds. The molecule has 0 radical (unpaired) electrons. The van der Waals surface area contributed by atoms with Crippen molar-refractivity contribution >= 4 is 18.4 Å². The van der Waals surface area contributed by atoms with Gasteiger partial charge in [-0.05, 0) is 12.1 Å². The minimum absolute atomic E-state index is 0.148. The van der Waals surface area contributed by atoms with Crippen LogP contribution < -0.4 is 4.74 Å². The van der Waals surface area contributed by atoms with Gasteiger partial charge in [0.1, 0.15) is 4.64 Å². The van der Waals surface area contributed by atoms with E-state index in [1.165, 1.54) is 6.07 Å². The standard InChI is InChI=1S/C6H5NO3S/c8-6(9)10-4-2-1-3-7-5(4)11/h1-3H,(H,7,11)(H,8,9). The predicted octanol–water partition coefficient (Wildman–Crippen LogP) is 1.80. The Labute approximate surface area is 67.4 Å². The van der Waals surface area contributed by atoms with Crippen LogP contribution in [-0.2, 0) is 0 Å². The lowest BCUT2D eigenvalue weighted by molar-refractivity contribution is 0.144. The van der Waals surface area contributed by atoms with Gasteiger partial charge in [0.15, 0.2) is 5.75 Å². The van der Waals surface area contributed by atoms with Crippen LogP contribution in [-0.4, -0.2) is 16.2 Å². The van der Waals surface area contributed by atoms with E-state index in [0.717, 1.165) is 0 Å². The molecule has 0 atom stereocenters. The second-order valence-electron chi connectivity index (χ2n) is 1.73. The highest BCUT2D eigenvalue weighted by Crippen LogP contribution is 2.09. The SMILES string of the molecule is O=C(O)Oc1ccc[nH]c1=S. The summed E-state index contributed by atoms with van der Waals surface area (Å²) in [5.74, 6) is 0.148. The fourth-order valence-corrected chi connectivity index (χ4v) is 0.758. The van der Waals surface area contributed by atoms with Gasteiger partial charge in [-0.15, -0.1) is 0 Å². The van der Waals surface area contributed by atoms with E-state index >= 15 is 0 Å². The number of nitrogens with one attached hydrogen (secondary N) is 1. The van der Waals surface area contributed by atoms with Gasteiger partial charge in [-0.3, -0.25) is 0 Å². The third kappa shape index (κ3) is 2.05. The van der Waals surface area contributed by atoms with E-state index in [1.807, 2.05) is 0 Å². The van der Waals surface area contributed by atoms with Gasteiger partial charge in [-0.25, -0.2) is 4.79 Å². The lowest BCUT2D eigenvalue weighted by Crippen LogP contribution is -2.03. The molecule has 5 heteroatoms. The summed E-state index contributed by atoms with van der Waals surface area (Å²) >= 11 is 4.73.